The molecule has 0 aliphatic carbocycles. The number of fused-ring (bicyclic) bond motifs is 1. The number of methoxy groups -OCH3 is 1. The SMILES string of the molecule is CCC1=C(C(=O)OC)[C@@H](c2ccccc2)n2c(s/c(=C\c3cc(C)n(-c4ccc([N+](=O)[O-])cc4C)c3C)c2=O)=N1. The number of carbonyl (C=O) groups excluding carboxylic acids is 1. The van der Waals surface area contributed by atoms with Gasteiger partial charge in [-0.2, -0.15) is 0 Å². The van der Waals surface area contributed by atoms with Crippen molar-refractivity contribution in [2.45, 2.75) is 40.2 Å². The van der Waals surface area contributed by atoms with Crippen LogP contribution in [0.4, 0.5) is 5.69 Å². The van der Waals surface area contributed by atoms with Gasteiger partial charge in [0, 0.05) is 29.2 Å². The molecule has 40 heavy (non-hydrogen) atoms. The summed E-state index contributed by atoms with van der Waals surface area (Å²) in [7, 11) is 1.33. The molecular formula is C30H28N4O5S. The third-order valence-electron chi connectivity index (χ3n) is 7.15. The summed E-state index contributed by atoms with van der Waals surface area (Å²) in [6.45, 7) is 7.67. The molecule has 0 radical (unpaired) electrons. The second kappa shape index (κ2) is 10.5. The van der Waals surface area contributed by atoms with Gasteiger partial charge in [0.2, 0.25) is 0 Å². The van der Waals surface area contributed by atoms with Crippen molar-refractivity contribution in [1.29, 1.82) is 0 Å². The van der Waals surface area contributed by atoms with Crippen molar-refractivity contribution in [3.63, 3.8) is 0 Å². The number of benzene rings is 2. The van der Waals surface area contributed by atoms with Crippen molar-refractivity contribution >= 4 is 29.1 Å². The van der Waals surface area contributed by atoms with Crippen molar-refractivity contribution in [3.05, 3.63) is 124 Å². The zero-order valence-corrected chi connectivity index (χ0v) is 23.6. The molecule has 0 bridgehead atoms. The van der Waals surface area contributed by atoms with Gasteiger partial charge in [-0.1, -0.05) is 48.6 Å². The van der Waals surface area contributed by atoms with E-state index in [-0.39, 0.29) is 11.2 Å². The van der Waals surface area contributed by atoms with E-state index in [2.05, 4.69) is 0 Å². The summed E-state index contributed by atoms with van der Waals surface area (Å²) in [5.41, 5.74) is 5.82. The van der Waals surface area contributed by atoms with Crippen LogP contribution in [0.2, 0.25) is 0 Å². The molecule has 0 saturated carbocycles. The molecule has 0 saturated heterocycles. The number of esters is 1. The van der Waals surface area contributed by atoms with Crippen LogP contribution in [0.5, 0.6) is 0 Å². The molecule has 5 rings (SSSR count). The van der Waals surface area contributed by atoms with Crippen LogP contribution in [-0.2, 0) is 9.53 Å². The maximum atomic E-state index is 13.9. The van der Waals surface area contributed by atoms with E-state index in [9.17, 15) is 19.7 Å². The van der Waals surface area contributed by atoms with Crippen molar-refractivity contribution in [1.82, 2.24) is 9.13 Å². The van der Waals surface area contributed by atoms with Gasteiger partial charge in [-0.05, 0) is 62.1 Å². The van der Waals surface area contributed by atoms with E-state index < -0.39 is 16.9 Å². The van der Waals surface area contributed by atoms with Crippen LogP contribution in [0.1, 0.15) is 47.5 Å². The number of thiazole rings is 1. The molecule has 0 spiro atoms. The predicted octanol–water partition coefficient (Wildman–Crippen LogP) is 4.42. The molecule has 2 aromatic carbocycles. The first kappa shape index (κ1) is 27.0. The number of rotatable bonds is 6. The number of non-ortho nitro benzene ring substituents is 1. The summed E-state index contributed by atoms with van der Waals surface area (Å²) in [5, 5.41) is 11.2. The van der Waals surface area contributed by atoms with Gasteiger partial charge in [0.15, 0.2) is 4.80 Å². The molecule has 0 fully saturated rings. The van der Waals surface area contributed by atoms with E-state index >= 15 is 0 Å². The van der Waals surface area contributed by atoms with Gasteiger partial charge >= 0.3 is 5.97 Å². The van der Waals surface area contributed by atoms with Crippen molar-refractivity contribution < 1.29 is 14.5 Å². The second-order valence-electron chi connectivity index (χ2n) is 9.59. The average Bonchev–Trinajstić information content (AvgIpc) is 3.41. The molecule has 1 aliphatic rings. The Morgan fingerprint density at radius 2 is 1.88 bits per heavy atom. The Bertz CT molecular complexity index is 1880. The number of ether oxygens (including phenoxy) is 1. The van der Waals surface area contributed by atoms with Crippen LogP contribution in [0.15, 0.2) is 75.7 Å². The Hall–Kier alpha value is -4.57. The third kappa shape index (κ3) is 4.50. The smallest absolute Gasteiger partial charge is 0.338 e. The Kier molecular flexibility index (Phi) is 7.12. The molecular weight excluding hydrogens is 528 g/mol. The van der Waals surface area contributed by atoms with E-state index in [0.717, 1.165) is 33.8 Å². The van der Waals surface area contributed by atoms with Crippen LogP contribution in [-0.4, -0.2) is 27.1 Å². The maximum absolute atomic E-state index is 13.9. The molecule has 1 aliphatic heterocycles. The van der Waals surface area contributed by atoms with Crippen LogP contribution >= 0.6 is 11.3 Å². The minimum absolute atomic E-state index is 0.0378. The molecule has 0 unspecified atom stereocenters. The molecule has 4 aromatic rings. The quantitative estimate of drug-likeness (QED) is 0.198. The molecule has 0 N–H and O–H groups in total. The fourth-order valence-corrected chi connectivity index (χ4v) is 6.28. The number of aryl methyl sites for hydroxylation is 2. The van der Waals surface area contributed by atoms with Crippen LogP contribution < -0.4 is 14.9 Å². The number of nitro benzene ring substituents is 1. The summed E-state index contributed by atoms with van der Waals surface area (Å²) in [6, 6.07) is 15.5. The first-order chi connectivity index (χ1) is 19.2. The Labute approximate surface area is 234 Å². The number of hydrogen-bond acceptors (Lipinski definition) is 7. The minimum atomic E-state index is -0.655. The van der Waals surface area contributed by atoms with Gasteiger partial charge in [-0.3, -0.25) is 19.5 Å². The Balaban J connectivity index is 1.69. The zero-order valence-electron chi connectivity index (χ0n) is 22.8. The van der Waals surface area contributed by atoms with Gasteiger partial charge in [-0.15, -0.1) is 0 Å². The number of hydrogen-bond donors (Lipinski definition) is 0. The van der Waals surface area contributed by atoms with E-state index in [1.165, 1.54) is 24.5 Å². The predicted molar refractivity (Wildman–Crippen MR) is 153 cm³/mol. The third-order valence-corrected chi connectivity index (χ3v) is 8.14. The summed E-state index contributed by atoms with van der Waals surface area (Å²) in [5.74, 6) is -0.509. The van der Waals surface area contributed by atoms with E-state index in [0.29, 0.717) is 27.0 Å². The summed E-state index contributed by atoms with van der Waals surface area (Å²) in [6.07, 6.45) is 2.35. The maximum Gasteiger partial charge on any atom is 0.338 e. The number of allylic oxidation sites excluding steroid dienone is 1. The summed E-state index contributed by atoms with van der Waals surface area (Å²) < 4.78 is 9.21. The number of aromatic nitrogens is 2. The lowest BCUT2D eigenvalue weighted by molar-refractivity contribution is -0.384. The van der Waals surface area contributed by atoms with Crippen LogP contribution in [0.25, 0.3) is 11.8 Å². The lowest BCUT2D eigenvalue weighted by Gasteiger charge is -2.25. The van der Waals surface area contributed by atoms with E-state index in [1.54, 1.807) is 16.7 Å². The Morgan fingerprint density at radius 1 is 1.15 bits per heavy atom. The minimum Gasteiger partial charge on any atom is -0.466 e. The van der Waals surface area contributed by atoms with Gasteiger partial charge in [0.25, 0.3) is 11.2 Å². The fraction of sp³-hybridized carbons (Fsp3) is 0.233. The van der Waals surface area contributed by atoms with E-state index in [1.807, 2.05) is 74.7 Å². The second-order valence-corrected chi connectivity index (χ2v) is 10.6. The fourth-order valence-electron chi connectivity index (χ4n) is 5.26. The van der Waals surface area contributed by atoms with Crippen LogP contribution in [0, 0.1) is 30.9 Å². The number of nitrogens with zero attached hydrogens (tertiary/aromatic N) is 4. The topological polar surface area (TPSA) is 109 Å². The van der Waals surface area contributed by atoms with Gasteiger partial charge in [-0.25, -0.2) is 9.79 Å². The monoisotopic (exact) mass is 556 g/mol. The van der Waals surface area contributed by atoms with E-state index in [4.69, 9.17) is 9.73 Å². The lowest BCUT2D eigenvalue weighted by Crippen LogP contribution is -2.40. The largest absolute Gasteiger partial charge is 0.466 e. The van der Waals surface area contributed by atoms with Crippen molar-refractivity contribution in [2.24, 2.45) is 4.99 Å². The van der Waals surface area contributed by atoms with Crippen LogP contribution in [0.3, 0.4) is 0 Å². The molecule has 3 heterocycles. The van der Waals surface area contributed by atoms with Crippen molar-refractivity contribution in [2.75, 3.05) is 7.11 Å². The molecule has 2 aromatic heterocycles. The Morgan fingerprint density at radius 3 is 2.50 bits per heavy atom. The summed E-state index contributed by atoms with van der Waals surface area (Å²) >= 11 is 1.28. The number of carbonyl (C=O) groups is 1. The average molecular weight is 557 g/mol. The first-order valence-electron chi connectivity index (χ1n) is 12.8. The van der Waals surface area contributed by atoms with Crippen molar-refractivity contribution in [3.8, 4) is 5.69 Å². The van der Waals surface area contributed by atoms with Gasteiger partial charge < -0.3 is 9.30 Å². The zero-order chi connectivity index (χ0) is 28.7. The highest BCUT2D eigenvalue weighted by molar-refractivity contribution is 7.07. The standard InChI is InChI=1S/C30H28N4O5S/c1-6-23-26(29(36)39-5)27(20-10-8-7-9-11-20)33-28(35)25(40-30(33)31-23)16-21-15-18(3)32(19(21)4)24-13-12-22(34(37)38)14-17(24)2/h7-16,27H,6H2,1-5H3/b25-16-/t27-/m1/s1. The summed E-state index contributed by atoms with van der Waals surface area (Å²) in [4.78, 5) is 42.9. The molecule has 204 valence electrons. The normalized spacial score (nSPS) is 15.1. The lowest BCUT2D eigenvalue weighted by atomic mass is 9.95. The molecule has 0 amide bonds. The molecule has 1 atom stereocenters. The first-order valence-corrected chi connectivity index (χ1v) is 13.6. The highest BCUT2D eigenvalue weighted by Gasteiger charge is 2.33. The van der Waals surface area contributed by atoms with Gasteiger partial charge in [0.05, 0.1) is 33.9 Å². The highest BCUT2D eigenvalue weighted by atomic mass is 32.1. The molecule has 10 heteroatoms. The molecule has 9 nitrogen and oxygen atoms in total. The highest BCUT2D eigenvalue weighted by Crippen LogP contribution is 2.32. The number of nitro groups is 1. The van der Waals surface area contributed by atoms with Gasteiger partial charge in [0.1, 0.15) is 0 Å².